The Labute approximate surface area is 177 Å². The highest BCUT2D eigenvalue weighted by Gasteiger charge is 2.18. The Morgan fingerprint density at radius 1 is 1.07 bits per heavy atom. The molecule has 0 amide bonds. The maximum atomic E-state index is 9.15. The predicted molar refractivity (Wildman–Crippen MR) is 122 cm³/mol. The molecule has 1 aliphatic rings. The van der Waals surface area contributed by atoms with Gasteiger partial charge in [0, 0.05) is 23.4 Å². The Balaban J connectivity index is 1.83. The minimum Gasteiger partial charge on any atom is -0.380 e. The Morgan fingerprint density at radius 3 is 2.37 bits per heavy atom. The van der Waals surface area contributed by atoms with Crippen LogP contribution in [0.1, 0.15) is 29.7 Å². The summed E-state index contributed by atoms with van der Waals surface area (Å²) in [5, 5.41) is 24.1. The minimum absolute atomic E-state index is 0.366. The van der Waals surface area contributed by atoms with Gasteiger partial charge in [-0.25, -0.2) is 4.98 Å². The summed E-state index contributed by atoms with van der Waals surface area (Å²) in [5.74, 6) is 0. The normalized spacial score (nSPS) is 14.1. The van der Waals surface area contributed by atoms with E-state index in [0.717, 1.165) is 54.0 Å². The van der Waals surface area contributed by atoms with Crippen LogP contribution >= 0.6 is 0 Å². The molecule has 5 nitrogen and oxygen atoms in total. The van der Waals surface area contributed by atoms with E-state index in [4.69, 9.17) is 15.7 Å². The van der Waals surface area contributed by atoms with Gasteiger partial charge in [-0.2, -0.15) is 5.26 Å². The zero-order chi connectivity index (χ0) is 20.9. The van der Waals surface area contributed by atoms with Crippen LogP contribution in [0.4, 0.5) is 5.69 Å². The molecule has 0 spiro atoms. The Morgan fingerprint density at radius 2 is 1.73 bits per heavy atom. The molecule has 3 aromatic rings. The average molecular weight is 396 g/mol. The van der Waals surface area contributed by atoms with Gasteiger partial charge in [-0.05, 0) is 56.6 Å². The summed E-state index contributed by atoms with van der Waals surface area (Å²) in [7, 11) is 0. The van der Waals surface area contributed by atoms with Crippen molar-refractivity contribution in [2.24, 2.45) is 0 Å². The van der Waals surface area contributed by atoms with E-state index in [0.29, 0.717) is 17.3 Å². The number of benzene rings is 2. The number of aromatic nitrogens is 1. The highest BCUT2D eigenvalue weighted by atomic mass is 15.0. The van der Waals surface area contributed by atoms with Crippen LogP contribution in [0.3, 0.4) is 0 Å². The topological polar surface area (TPSA) is 84.6 Å². The summed E-state index contributed by atoms with van der Waals surface area (Å²) in [5.41, 5.74) is 7.19. The number of pyridine rings is 1. The lowest BCUT2D eigenvalue weighted by atomic mass is 9.96. The molecule has 1 aromatic heterocycles. The highest BCUT2D eigenvalue weighted by Crippen LogP contribution is 2.34. The zero-order valence-electron chi connectivity index (χ0n) is 17.1. The van der Waals surface area contributed by atoms with Gasteiger partial charge in [0.25, 0.3) is 0 Å². The van der Waals surface area contributed by atoms with E-state index >= 15 is 0 Å². The van der Waals surface area contributed by atoms with Crippen LogP contribution in [0.2, 0.25) is 0 Å². The molecular weight excluding hydrogens is 370 g/mol. The van der Waals surface area contributed by atoms with E-state index in [1.165, 1.54) is 11.8 Å². The number of hydrogen-bond donors (Lipinski definition) is 3. The van der Waals surface area contributed by atoms with E-state index in [-0.39, 0.29) is 0 Å². The van der Waals surface area contributed by atoms with Crippen LogP contribution in [0.15, 0.2) is 54.6 Å². The van der Waals surface area contributed by atoms with Gasteiger partial charge in [-0.1, -0.05) is 42.0 Å². The van der Waals surface area contributed by atoms with Crippen molar-refractivity contribution >= 4 is 11.9 Å². The Hall–Kier alpha value is -3.49. The van der Waals surface area contributed by atoms with Crippen molar-refractivity contribution in [2.75, 3.05) is 18.4 Å². The third kappa shape index (κ3) is 4.24. The summed E-state index contributed by atoms with van der Waals surface area (Å²) in [4.78, 5) is 4.89. The largest absolute Gasteiger partial charge is 0.380 e. The van der Waals surface area contributed by atoms with Gasteiger partial charge in [0.1, 0.15) is 5.69 Å². The molecule has 1 aliphatic heterocycles. The number of piperidine rings is 1. The average Bonchev–Trinajstić information content (AvgIpc) is 2.80. The van der Waals surface area contributed by atoms with Crippen LogP contribution < -0.4 is 10.6 Å². The SMILES string of the molecule is Cc1ccc(-c2nc(C=N)c(NC3CCNCC3)cc2-c2ccc(C#N)cc2)cc1. The van der Waals surface area contributed by atoms with Crippen molar-refractivity contribution < 1.29 is 0 Å². The second-order valence-corrected chi connectivity index (χ2v) is 7.69. The maximum absolute atomic E-state index is 9.15. The van der Waals surface area contributed by atoms with Crippen LogP contribution in [-0.4, -0.2) is 30.3 Å². The Kier molecular flexibility index (Phi) is 5.87. The predicted octanol–water partition coefficient (Wildman–Crippen LogP) is 4.76. The first-order chi connectivity index (χ1) is 14.7. The van der Waals surface area contributed by atoms with Crippen molar-refractivity contribution in [1.29, 1.82) is 10.7 Å². The van der Waals surface area contributed by atoms with E-state index in [1.807, 2.05) is 24.3 Å². The standard InChI is InChI=1S/C25H25N5/c1-17-2-6-20(7-3-17)25-22(19-8-4-18(15-26)5-9-19)14-23(24(16-27)30-25)29-21-10-12-28-13-11-21/h2-9,14,16,21,27-29H,10-13H2,1H3. The van der Waals surface area contributed by atoms with E-state index in [1.54, 1.807) is 0 Å². The second kappa shape index (κ2) is 8.89. The molecule has 2 aromatic carbocycles. The quantitative estimate of drug-likeness (QED) is 0.544. The number of hydrogen-bond acceptors (Lipinski definition) is 5. The van der Waals surface area contributed by atoms with Crippen LogP contribution in [0, 0.1) is 23.7 Å². The van der Waals surface area contributed by atoms with Gasteiger partial charge in [-0.15, -0.1) is 0 Å². The van der Waals surface area contributed by atoms with Gasteiger partial charge < -0.3 is 16.0 Å². The molecule has 0 aliphatic carbocycles. The number of aryl methyl sites for hydroxylation is 1. The summed E-state index contributed by atoms with van der Waals surface area (Å²) in [6.07, 6.45) is 3.41. The first-order valence-electron chi connectivity index (χ1n) is 10.3. The third-order valence-electron chi connectivity index (χ3n) is 5.54. The smallest absolute Gasteiger partial charge is 0.104 e. The summed E-state index contributed by atoms with van der Waals surface area (Å²) in [6.45, 7) is 4.05. The molecule has 4 rings (SSSR count). The van der Waals surface area contributed by atoms with Crippen LogP contribution in [0.5, 0.6) is 0 Å². The molecule has 0 bridgehead atoms. The molecule has 0 radical (unpaired) electrons. The van der Waals surface area contributed by atoms with Crippen molar-refractivity contribution in [3.8, 4) is 28.5 Å². The van der Waals surface area contributed by atoms with Crippen LogP contribution in [-0.2, 0) is 0 Å². The molecule has 3 N–H and O–H groups in total. The fourth-order valence-electron chi connectivity index (χ4n) is 3.82. The van der Waals surface area contributed by atoms with Gasteiger partial charge in [0.2, 0.25) is 0 Å². The number of nitrogens with one attached hydrogen (secondary N) is 3. The van der Waals surface area contributed by atoms with E-state index in [9.17, 15) is 0 Å². The lowest BCUT2D eigenvalue weighted by Gasteiger charge is -2.26. The molecule has 30 heavy (non-hydrogen) atoms. The van der Waals surface area contributed by atoms with E-state index < -0.39 is 0 Å². The van der Waals surface area contributed by atoms with Gasteiger partial charge in [-0.3, -0.25) is 0 Å². The number of nitrogens with zero attached hydrogens (tertiary/aromatic N) is 2. The second-order valence-electron chi connectivity index (χ2n) is 7.69. The number of anilines is 1. The molecular formula is C25H25N5. The number of nitriles is 1. The zero-order valence-corrected chi connectivity index (χ0v) is 17.1. The molecule has 0 saturated carbocycles. The summed E-state index contributed by atoms with van der Waals surface area (Å²) in [6, 6.07) is 20.5. The molecule has 2 heterocycles. The molecule has 0 atom stereocenters. The van der Waals surface area contributed by atoms with Crippen molar-refractivity contribution in [3.05, 3.63) is 71.4 Å². The first kappa shape index (κ1) is 19.8. The van der Waals surface area contributed by atoms with Gasteiger partial charge in [0.15, 0.2) is 0 Å². The van der Waals surface area contributed by atoms with Crippen molar-refractivity contribution in [1.82, 2.24) is 10.3 Å². The monoisotopic (exact) mass is 395 g/mol. The first-order valence-corrected chi connectivity index (χ1v) is 10.3. The molecule has 1 fully saturated rings. The maximum Gasteiger partial charge on any atom is 0.104 e. The highest BCUT2D eigenvalue weighted by molar-refractivity contribution is 5.91. The van der Waals surface area contributed by atoms with Crippen molar-refractivity contribution in [2.45, 2.75) is 25.8 Å². The fraction of sp³-hybridized carbons (Fsp3) is 0.240. The van der Waals surface area contributed by atoms with Crippen LogP contribution in [0.25, 0.3) is 22.4 Å². The summed E-state index contributed by atoms with van der Waals surface area (Å²) >= 11 is 0. The molecule has 1 saturated heterocycles. The lowest BCUT2D eigenvalue weighted by molar-refractivity contribution is 0.479. The molecule has 150 valence electrons. The summed E-state index contributed by atoms with van der Waals surface area (Å²) < 4.78 is 0. The Bertz CT molecular complexity index is 1070. The van der Waals surface area contributed by atoms with Gasteiger partial charge in [0.05, 0.1) is 23.0 Å². The fourth-order valence-corrected chi connectivity index (χ4v) is 3.82. The number of rotatable bonds is 5. The van der Waals surface area contributed by atoms with E-state index in [2.05, 4.69) is 54.0 Å². The lowest BCUT2D eigenvalue weighted by Crippen LogP contribution is -2.35. The third-order valence-corrected chi connectivity index (χ3v) is 5.54. The molecule has 0 unspecified atom stereocenters. The minimum atomic E-state index is 0.366. The van der Waals surface area contributed by atoms with Crippen molar-refractivity contribution in [3.63, 3.8) is 0 Å². The molecule has 5 heteroatoms. The van der Waals surface area contributed by atoms with Gasteiger partial charge >= 0.3 is 0 Å².